The summed E-state index contributed by atoms with van der Waals surface area (Å²) in [6.45, 7) is 3.98. The smallest absolute Gasteiger partial charge is 0.138 e. The molecule has 0 saturated carbocycles. The lowest BCUT2D eigenvalue weighted by Gasteiger charge is -2.33. The first-order chi connectivity index (χ1) is 9.45. The van der Waals surface area contributed by atoms with E-state index < -0.39 is 0 Å². The van der Waals surface area contributed by atoms with Crippen molar-refractivity contribution in [1.29, 1.82) is 0 Å². The highest BCUT2D eigenvalue weighted by Crippen LogP contribution is 2.32. The zero-order chi connectivity index (χ0) is 14.7. The Kier molecular flexibility index (Phi) is 5.56. The summed E-state index contributed by atoms with van der Waals surface area (Å²) in [5.74, 6) is 0.935. The summed E-state index contributed by atoms with van der Waals surface area (Å²) in [5, 5.41) is 10.9. The molecule has 0 radical (unpaired) electrons. The van der Waals surface area contributed by atoms with Gasteiger partial charge in [0.15, 0.2) is 0 Å². The first-order valence-corrected chi connectivity index (χ1v) is 7.75. The monoisotopic (exact) mass is 316 g/mol. The van der Waals surface area contributed by atoms with Gasteiger partial charge in [-0.2, -0.15) is 0 Å². The van der Waals surface area contributed by atoms with Gasteiger partial charge < -0.3 is 10.0 Å². The fourth-order valence-electron chi connectivity index (χ4n) is 2.82. The predicted octanol–water partition coefficient (Wildman–Crippen LogP) is 3.47. The quantitative estimate of drug-likeness (QED) is 0.921. The van der Waals surface area contributed by atoms with Crippen LogP contribution in [0, 0.1) is 5.92 Å². The Morgan fingerprint density at radius 1 is 1.25 bits per heavy atom. The Bertz CT molecular complexity index is 457. The second-order valence-electron chi connectivity index (χ2n) is 5.88. The Labute approximate surface area is 131 Å². The van der Waals surface area contributed by atoms with Crippen LogP contribution < -0.4 is 0 Å². The number of benzene rings is 1. The van der Waals surface area contributed by atoms with E-state index in [4.69, 9.17) is 23.2 Å². The molecule has 0 aromatic heterocycles. The molecule has 1 aliphatic rings. The van der Waals surface area contributed by atoms with Crippen molar-refractivity contribution in [3.63, 3.8) is 0 Å². The largest absolute Gasteiger partial charge is 0.506 e. The molecule has 3 nitrogen and oxygen atoms in total. The van der Waals surface area contributed by atoms with E-state index in [0.29, 0.717) is 16.6 Å². The minimum Gasteiger partial charge on any atom is -0.506 e. The van der Waals surface area contributed by atoms with Crippen molar-refractivity contribution < 1.29 is 5.11 Å². The summed E-state index contributed by atoms with van der Waals surface area (Å²) < 4.78 is 0. The third-order valence-electron chi connectivity index (χ3n) is 3.83. The molecule has 1 aliphatic heterocycles. The maximum Gasteiger partial charge on any atom is 0.138 e. The number of nitrogens with zero attached hydrogens (tertiary/aromatic N) is 2. The number of rotatable bonds is 4. The fraction of sp³-hybridized carbons (Fsp3) is 0.600. The molecular formula is C15H22Cl2N2O. The molecule has 1 saturated heterocycles. The van der Waals surface area contributed by atoms with Crippen LogP contribution in [-0.2, 0) is 6.54 Å². The van der Waals surface area contributed by atoms with E-state index >= 15 is 0 Å². The fourth-order valence-corrected chi connectivity index (χ4v) is 3.36. The van der Waals surface area contributed by atoms with Crippen LogP contribution in [0.2, 0.25) is 10.0 Å². The van der Waals surface area contributed by atoms with Crippen LogP contribution in [-0.4, -0.2) is 48.6 Å². The number of aromatic hydroxyl groups is 1. The van der Waals surface area contributed by atoms with E-state index in [-0.39, 0.29) is 5.75 Å². The Balaban J connectivity index is 1.93. The van der Waals surface area contributed by atoms with E-state index in [1.807, 2.05) is 0 Å². The SMILES string of the molecule is CN(C)CC1CCN(Cc2cc(Cl)cc(Cl)c2O)CC1. The first kappa shape index (κ1) is 15.9. The van der Waals surface area contributed by atoms with Gasteiger partial charge in [0.1, 0.15) is 5.75 Å². The Morgan fingerprint density at radius 3 is 2.50 bits per heavy atom. The van der Waals surface area contributed by atoms with Crippen molar-refractivity contribution in [2.24, 2.45) is 5.92 Å². The third kappa shape index (κ3) is 4.26. The maximum atomic E-state index is 10.00. The van der Waals surface area contributed by atoms with Crippen molar-refractivity contribution in [2.45, 2.75) is 19.4 Å². The first-order valence-electron chi connectivity index (χ1n) is 6.99. The summed E-state index contributed by atoms with van der Waals surface area (Å²) >= 11 is 12.0. The Morgan fingerprint density at radius 2 is 1.90 bits per heavy atom. The maximum absolute atomic E-state index is 10.00. The van der Waals surface area contributed by atoms with Crippen molar-refractivity contribution >= 4 is 23.2 Å². The zero-order valence-electron chi connectivity index (χ0n) is 12.1. The Hall–Kier alpha value is -0.480. The molecule has 0 aliphatic carbocycles. The summed E-state index contributed by atoms with van der Waals surface area (Å²) in [5.41, 5.74) is 0.813. The van der Waals surface area contributed by atoms with Gasteiger partial charge in [-0.05, 0) is 58.1 Å². The number of piperidine rings is 1. The molecule has 1 aromatic carbocycles. The van der Waals surface area contributed by atoms with Crippen LogP contribution in [0.5, 0.6) is 5.75 Å². The number of hydrogen-bond acceptors (Lipinski definition) is 3. The summed E-state index contributed by atoms with van der Waals surface area (Å²) in [6, 6.07) is 3.37. The minimum absolute atomic E-state index is 0.159. The van der Waals surface area contributed by atoms with Gasteiger partial charge in [0.05, 0.1) is 5.02 Å². The lowest BCUT2D eigenvalue weighted by molar-refractivity contribution is 0.156. The standard InChI is InChI=1S/C15H22Cl2N2O/c1-18(2)9-11-3-5-19(6-4-11)10-12-7-13(16)8-14(17)15(12)20/h7-8,11,20H,3-6,9-10H2,1-2H3. The summed E-state index contributed by atoms with van der Waals surface area (Å²) in [4.78, 5) is 4.61. The van der Waals surface area contributed by atoms with Gasteiger partial charge in [0.2, 0.25) is 0 Å². The van der Waals surface area contributed by atoms with Gasteiger partial charge in [0.25, 0.3) is 0 Å². The second kappa shape index (κ2) is 6.99. The van der Waals surface area contributed by atoms with Crippen molar-refractivity contribution in [2.75, 3.05) is 33.7 Å². The van der Waals surface area contributed by atoms with Crippen LogP contribution >= 0.6 is 23.2 Å². The molecule has 20 heavy (non-hydrogen) atoms. The van der Waals surface area contributed by atoms with Gasteiger partial charge in [-0.3, -0.25) is 4.90 Å². The molecule has 1 fully saturated rings. The van der Waals surface area contributed by atoms with Crippen molar-refractivity contribution in [3.05, 3.63) is 27.7 Å². The summed E-state index contributed by atoms with van der Waals surface area (Å²) in [6.07, 6.45) is 2.40. The van der Waals surface area contributed by atoms with Crippen molar-refractivity contribution in [1.82, 2.24) is 9.80 Å². The van der Waals surface area contributed by atoms with Gasteiger partial charge in [-0.1, -0.05) is 23.2 Å². The van der Waals surface area contributed by atoms with Crippen LogP contribution in [0.1, 0.15) is 18.4 Å². The number of halogens is 2. The lowest BCUT2D eigenvalue weighted by Crippen LogP contribution is -2.36. The number of phenols is 1. The van der Waals surface area contributed by atoms with Crippen molar-refractivity contribution in [3.8, 4) is 5.75 Å². The minimum atomic E-state index is 0.159. The highest BCUT2D eigenvalue weighted by Gasteiger charge is 2.21. The molecule has 0 amide bonds. The highest BCUT2D eigenvalue weighted by molar-refractivity contribution is 6.35. The van der Waals surface area contributed by atoms with Crippen LogP contribution in [0.3, 0.4) is 0 Å². The zero-order valence-corrected chi connectivity index (χ0v) is 13.6. The van der Waals surface area contributed by atoms with E-state index in [0.717, 1.165) is 31.1 Å². The van der Waals surface area contributed by atoms with Crippen LogP contribution in [0.25, 0.3) is 0 Å². The van der Waals surface area contributed by atoms with Gasteiger partial charge in [-0.15, -0.1) is 0 Å². The molecule has 1 aromatic rings. The van der Waals surface area contributed by atoms with Crippen LogP contribution in [0.15, 0.2) is 12.1 Å². The molecule has 112 valence electrons. The van der Waals surface area contributed by atoms with Crippen LogP contribution in [0.4, 0.5) is 0 Å². The van der Waals surface area contributed by atoms with E-state index in [9.17, 15) is 5.11 Å². The molecule has 0 spiro atoms. The second-order valence-corrected chi connectivity index (χ2v) is 6.72. The number of phenolic OH excluding ortho intramolecular Hbond substituents is 1. The normalized spacial score (nSPS) is 17.9. The predicted molar refractivity (Wildman–Crippen MR) is 84.7 cm³/mol. The van der Waals surface area contributed by atoms with E-state index in [1.54, 1.807) is 12.1 Å². The summed E-state index contributed by atoms with van der Waals surface area (Å²) in [7, 11) is 4.25. The molecule has 0 atom stereocenters. The van der Waals surface area contributed by atoms with Gasteiger partial charge in [-0.25, -0.2) is 0 Å². The molecule has 0 bridgehead atoms. The molecular weight excluding hydrogens is 295 g/mol. The number of likely N-dealkylation sites (tertiary alicyclic amines) is 1. The van der Waals surface area contributed by atoms with E-state index in [1.165, 1.54) is 12.8 Å². The molecule has 1 N–H and O–H groups in total. The van der Waals surface area contributed by atoms with E-state index in [2.05, 4.69) is 23.9 Å². The highest BCUT2D eigenvalue weighted by atomic mass is 35.5. The molecule has 0 unspecified atom stereocenters. The molecule has 2 rings (SSSR count). The average Bonchev–Trinajstić information content (AvgIpc) is 2.37. The average molecular weight is 317 g/mol. The topological polar surface area (TPSA) is 26.7 Å². The molecule has 5 heteroatoms. The third-order valence-corrected chi connectivity index (χ3v) is 4.34. The van der Waals surface area contributed by atoms with Gasteiger partial charge in [0, 0.05) is 23.7 Å². The number of hydrogen-bond donors (Lipinski definition) is 1. The molecule has 1 heterocycles. The lowest BCUT2D eigenvalue weighted by atomic mass is 9.96. The van der Waals surface area contributed by atoms with Gasteiger partial charge >= 0.3 is 0 Å².